The van der Waals surface area contributed by atoms with E-state index < -0.39 is 0 Å². The molecule has 14 heteroatoms. The van der Waals surface area contributed by atoms with Crippen molar-refractivity contribution in [2.24, 2.45) is 0 Å². The van der Waals surface area contributed by atoms with E-state index in [0.717, 1.165) is 15.8 Å². The molecule has 0 aliphatic carbocycles. The summed E-state index contributed by atoms with van der Waals surface area (Å²) in [6.07, 6.45) is 0. The fourth-order valence-corrected chi connectivity index (χ4v) is 4.38. The number of hydrogen-bond acceptors (Lipinski definition) is 5. The fraction of sp³-hybridized carbons (Fsp3) is 0.241. The third-order valence-electron chi connectivity index (χ3n) is 5.49. The molecular formula is C29H34Cl3N7O3S. The minimum absolute atomic E-state index is 0.158. The first kappa shape index (κ1) is 35.4. The summed E-state index contributed by atoms with van der Waals surface area (Å²) in [6.45, 7) is 1.92. The van der Waals surface area contributed by atoms with Crippen molar-refractivity contribution < 1.29 is 14.4 Å². The van der Waals surface area contributed by atoms with Gasteiger partial charge in [0.2, 0.25) is 0 Å². The summed E-state index contributed by atoms with van der Waals surface area (Å²) in [7, 11) is 10.00. The maximum Gasteiger partial charge on any atom is 0.323 e. The van der Waals surface area contributed by atoms with E-state index in [2.05, 4.69) is 20.9 Å². The van der Waals surface area contributed by atoms with Gasteiger partial charge in [-0.2, -0.15) is 0 Å². The van der Waals surface area contributed by atoms with Gasteiger partial charge in [-0.05, 0) is 55.0 Å². The Morgan fingerprint density at radius 3 is 1.74 bits per heavy atom. The van der Waals surface area contributed by atoms with E-state index in [0.29, 0.717) is 31.6 Å². The lowest BCUT2D eigenvalue weighted by Gasteiger charge is -2.12. The van der Waals surface area contributed by atoms with Crippen LogP contribution in [0.1, 0.15) is 5.56 Å². The van der Waals surface area contributed by atoms with Crippen LogP contribution in [0.2, 0.25) is 15.1 Å². The number of urea groups is 3. The molecule has 1 aromatic heterocycles. The van der Waals surface area contributed by atoms with Gasteiger partial charge >= 0.3 is 18.1 Å². The Labute approximate surface area is 270 Å². The third kappa shape index (κ3) is 11.1. The highest BCUT2D eigenvalue weighted by atomic mass is 35.5. The second kappa shape index (κ2) is 16.8. The Kier molecular flexibility index (Phi) is 13.8. The number of nitrogens with zero attached hydrogens (tertiary/aromatic N) is 4. The van der Waals surface area contributed by atoms with Gasteiger partial charge in [0.15, 0.2) is 5.13 Å². The third-order valence-corrected chi connectivity index (χ3v) is 7.75. The smallest absolute Gasteiger partial charge is 0.323 e. The maximum atomic E-state index is 11.4. The molecule has 0 fully saturated rings. The number of halogens is 3. The van der Waals surface area contributed by atoms with Gasteiger partial charge in [-0.15, -0.1) is 0 Å². The molecule has 0 aliphatic heterocycles. The number of aromatic nitrogens is 1. The number of fused-ring (bicyclic) bond motifs is 1. The van der Waals surface area contributed by atoms with Gasteiger partial charge in [0, 0.05) is 58.7 Å². The number of amides is 6. The van der Waals surface area contributed by atoms with Crippen LogP contribution in [0.25, 0.3) is 10.2 Å². The second-order valence-corrected chi connectivity index (χ2v) is 11.6. The normalized spacial score (nSPS) is 9.91. The molecule has 0 radical (unpaired) electrons. The summed E-state index contributed by atoms with van der Waals surface area (Å²) in [5.74, 6) is 0. The lowest BCUT2D eigenvalue weighted by Crippen LogP contribution is -2.34. The van der Waals surface area contributed by atoms with Crippen LogP contribution in [0.5, 0.6) is 0 Å². The molecule has 3 N–H and O–H groups in total. The lowest BCUT2D eigenvalue weighted by atomic mass is 10.2. The van der Waals surface area contributed by atoms with Crippen molar-refractivity contribution in [3.63, 3.8) is 0 Å². The van der Waals surface area contributed by atoms with Crippen molar-refractivity contribution in [3.8, 4) is 0 Å². The molecular weight excluding hydrogens is 633 g/mol. The highest BCUT2D eigenvalue weighted by molar-refractivity contribution is 7.22. The van der Waals surface area contributed by atoms with E-state index >= 15 is 0 Å². The zero-order valence-corrected chi connectivity index (χ0v) is 27.9. The molecule has 43 heavy (non-hydrogen) atoms. The SMILES string of the molecule is CN(C)C(=O)Nc1ccc(Cl)c(Cl)c1.CNC(=O)N(C)c1nc2ccccc2s1.Cc1ccc(NC(=O)N(C)C)cc1Cl. The van der Waals surface area contributed by atoms with E-state index in [9.17, 15) is 14.4 Å². The van der Waals surface area contributed by atoms with Crippen molar-refractivity contribution in [3.05, 3.63) is 81.3 Å². The lowest BCUT2D eigenvalue weighted by molar-refractivity contribution is 0.230. The van der Waals surface area contributed by atoms with Gasteiger partial charge in [0.1, 0.15) is 0 Å². The van der Waals surface area contributed by atoms with Gasteiger partial charge in [0.25, 0.3) is 0 Å². The van der Waals surface area contributed by atoms with Crippen molar-refractivity contribution in [2.75, 3.05) is 57.8 Å². The zero-order chi connectivity index (χ0) is 32.3. The van der Waals surface area contributed by atoms with Crippen LogP contribution in [0, 0.1) is 6.92 Å². The number of aryl methyl sites for hydroxylation is 1. The molecule has 0 saturated carbocycles. The van der Waals surface area contributed by atoms with Crippen molar-refractivity contribution in [2.45, 2.75) is 6.92 Å². The summed E-state index contributed by atoms with van der Waals surface area (Å²) in [4.78, 5) is 42.7. The van der Waals surface area contributed by atoms with Crippen LogP contribution in [-0.2, 0) is 0 Å². The predicted octanol–water partition coefficient (Wildman–Crippen LogP) is 7.90. The van der Waals surface area contributed by atoms with Gasteiger partial charge in [-0.1, -0.05) is 64.3 Å². The van der Waals surface area contributed by atoms with Crippen LogP contribution in [0.15, 0.2) is 60.7 Å². The maximum absolute atomic E-state index is 11.4. The van der Waals surface area contributed by atoms with Crippen LogP contribution in [-0.4, -0.2) is 75.2 Å². The first-order valence-electron chi connectivity index (χ1n) is 12.7. The molecule has 10 nitrogen and oxygen atoms in total. The number of benzene rings is 3. The molecule has 0 bridgehead atoms. The zero-order valence-electron chi connectivity index (χ0n) is 24.8. The Hall–Kier alpha value is -3.77. The average molecular weight is 667 g/mol. The van der Waals surface area contributed by atoms with E-state index in [-0.39, 0.29) is 18.1 Å². The number of anilines is 3. The van der Waals surface area contributed by atoms with Gasteiger partial charge in [0.05, 0.1) is 20.3 Å². The topological polar surface area (TPSA) is 110 Å². The Balaban J connectivity index is 0.000000225. The Morgan fingerprint density at radius 1 is 0.721 bits per heavy atom. The molecule has 0 spiro atoms. The Bertz CT molecular complexity index is 1460. The van der Waals surface area contributed by atoms with Gasteiger partial charge in [-0.3, -0.25) is 4.90 Å². The number of thiazole rings is 1. The molecule has 0 saturated heterocycles. The molecule has 0 atom stereocenters. The number of rotatable bonds is 3. The van der Waals surface area contributed by atoms with E-state index in [1.54, 1.807) is 66.6 Å². The number of para-hydroxylation sites is 1. The molecule has 0 aliphatic rings. The van der Waals surface area contributed by atoms with Crippen LogP contribution >= 0.6 is 46.1 Å². The predicted molar refractivity (Wildman–Crippen MR) is 181 cm³/mol. The van der Waals surface area contributed by atoms with Crippen LogP contribution < -0.4 is 20.9 Å². The van der Waals surface area contributed by atoms with E-state index in [1.807, 2.05) is 43.3 Å². The molecule has 230 valence electrons. The summed E-state index contributed by atoms with van der Waals surface area (Å²) in [5.41, 5.74) is 3.25. The van der Waals surface area contributed by atoms with Gasteiger partial charge < -0.3 is 25.8 Å². The first-order valence-corrected chi connectivity index (χ1v) is 14.7. The van der Waals surface area contributed by atoms with Crippen molar-refractivity contribution >= 4 is 91.0 Å². The molecule has 0 unspecified atom stereocenters. The van der Waals surface area contributed by atoms with E-state index in [1.165, 1.54) is 26.0 Å². The van der Waals surface area contributed by atoms with Crippen molar-refractivity contribution in [1.82, 2.24) is 20.1 Å². The summed E-state index contributed by atoms with van der Waals surface area (Å²) < 4.78 is 1.09. The first-order chi connectivity index (χ1) is 20.2. The van der Waals surface area contributed by atoms with Crippen molar-refractivity contribution in [1.29, 1.82) is 0 Å². The minimum atomic E-state index is -0.205. The minimum Gasteiger partial charge on any atom is -0.341 e. The molecule has 1 heterocycles. The average Bonchev–Trinajstić information content (AvgIpc) is 3.41. The summed E-state index contributed by atoms with van der Waals surface area (Å²) in [6, 6.07) is 17.7. The second-order valence-electron chi connectivity index (χ2n) is 9.32. The number of hydrogen-bond donors (Lipinski definition) is 3. The number of carbonyl (C=O) groups is 3. The largest absolute Gasteiger partial charge is 0.341 e. The van der Waals surface area contributed by atoms with Crippen LogP contribution in [0.4, 0.5) is 30.9 Å². The molecule has 6 amide bonds. The quantitative estimate of drug-likeness (QED) is 0.207. The van der Waals surface area contributed by atoms with E-state index in [4.69, 9.17) is 34.8 Å². The Morgan fingerprint density at radius 2 is 1.26 bits per heavy atom. The summed E-state index contributed by atoms with van der Waals surface area (Å²) in [5, 5.41) is 10.2. The fourth-order valence-electron chi connectivity index (χ4n) is 2.97. The van der Waals surface area contributed by atoms with Crippen LogP contribution in [0.3, 0.4) is 0 Å². The van der Waals surface area contributed by atoms with Gasteiger partial charge in [-0.25, -0.2) is 19.4 Å². The highest BCUT2D eigenvalue weighted by Crippen LogP contribution is 2.28. The molecule has 4 aromatic rings. The highest BCUT2D eigenvalue weighted by Gasteiger charge is 2.13. The monoisotopic (exact) mass is 665 g/mol. The molecule has 4 rings (SSSR count). The standard InChI is InChI=1S/C10H13ClN2O.C10H11N3OS.C9H10Cl2N2O/c1-7-4-5-8(6-9(7)11)12-10(14)13(2)3;1-11-9(14)13(2)10-12-7-5-3-4-6-8(7)15-10;1-13(2)9(14)12-6-3-4-7(10)8(11)5-6/h4-6H,1-3H3,(H,12,14);3-6H,1-2H3,(H,11,14);3-5H,1-2H3,(H,12,14). The number of carbonyl (C=O) groups excluding carboxylic acids is 3. The molecule has 3 aromatic carbocycles. The summed E-state index contributed by atoms with van der Waals surface area (Å²) >= 11 is 18.9. The number of nitrogens with one attached hydrogen (secondary N) is 3.